The maximum atomic E-state index is 12.3. The van der Waals surface area contributed by atoms with Gasteiger partial charge < -0.3 is 10.2 Å². The monoisotopic (exact) mass is 336 g/mol. The van der Waals surface area contributed by atoms with Crippen LogP contribution >= 0.6 is 0 Å². The summed E-state index contributed by atoms with van der Waals surface area (Å²) in [6.45, 7) is 10.3. The maximum Gasteiger partial charge on any atom is 0.317 e. The summed E-state index contributed by atoms with van der Waals surface area (Å²) in [6.07, 6.45) is 2.56. The molecule has 0 aromatic heterocycles. The molecule has 23 heavy (non-hydrogen) atoms. The summed E-state index contributed by atoms with van der Waals surface area (Å²) in [5, 5.41) is 2.88. The summed E-state index contributed by atoms with van der Waals surface area (Å²) in [6, 6.07) is 6.58. The van der Waals surface area contributed by atoms with Crippen molar-refractivity contribution in [2.24, 2.45) is 0 Å². The van der Waals surface area contributed by atoms with Crippen LogP contribution in [0.1, 0.15) is 44.4 Å². The van der Waals surface area contributed by atoms with Gasteiger partial charge in [-0.2, -0.15) is 0 Å². The molecule has 2 rings (SSSR count). The number of nitrogens with zero attached hydrogens (tertiary/aromatic N) is 1. The van der Waals surface area contributed by atoms with Crippen LogP contribution in [0.25, 0.3) is 0 Å². The molecule has 1 heterocycles. The van der Waals surface area contributed by atoms with Gasteiger partial charge in [-0.3, -0.25) is 4.21 Å². The number of amides is 2. The van der Waals surface area contributed by atoms with Gasteiger partial charge in [0.05, 0.1) is 0 Å². The number of hydrogen-bond acceptors (Lipinski definition) is 2. The van der Waals surface area contributed by atoms with Gasteiger partial charge in [-0.15, -0.1) is 0 Å². The molecule has 0 fully saturated rings. The lowest BCUT2D eigenvalue weighted by atomic mass is 9.84. The first-order valence-electron chi connectivity index (χ1n) is 8.16. The average molecular weight is 337 g/mol. The van der Waals surface area contributed by atoms with E-state index in [1.165, 1.54) is 16.7 Å². The summed E-state index contributed by atoms with van der Waals surface area (Å²) in [4.78, 5) is 14.2. The summed E-state index contributed by atoms with van der Waals surface area (Å²) in [5.41, 5.74) is 3.99. The third-order valence-corrected chi connectivity index (χ3v) is 5.78. The summed E-state index contributed by atoms with van der Waals surface area (Å²) >= 11 is 0. The Hall–Kier alpha value is -1.36. The van der Waals surface area contributed by atoms with E-state index in [1.54, 1.807) is 6.26 Å². The van der Waals surface area contributed by atoms with E-state index in [-0.39, 0.29) is 16.7 Å². The molecule has 1 aliphatic rings. The molecule has 2 amide bonds. The Morgan fingerprint density at radius 1 is 1.35 bits per heavy atom. The molecule has 1 N–H and O–H groups in total. The summed E-state index contributed by atoms with van der Waals surface area (Å²) in [5.74, 6) is 0. The van der Waals surface area contributed by atoms with E-state index >= 15 is 0 Å². The van der Waals surface area contributed by atoms with Crippen molar-refractivity contribution in [1.82, 2.24) is 10.2 Å². The molecule has 0 spiro atoms. The SMILES string of the molecule is C[C@@H](CNC(=O)N1CCc2ccc(C(C)(C)C)cc2C1)[S@](C)=O. The normalized spacial score (nSPS) is 17.3. The molecule has 0 radical (unpaired) electrons. The van der Waals surface area contributed by atoms with Crippen LogP contribution in [0.3, 0.4) is 0 Å². The Morgan fingerprint density at radius 3 is 2.65 bits per heavy atom. The van der Waals surface area contributed by atoms with Crippen LogP contribution in [0.5, 0.6) is 0 Å². The molecular weight excluding hydrogens is 308 g/mol. The van der Waals surface area contributed by atoms with Crippen molar-refractivity contribution >= 4 is 16.8 Å². The lowest BCUT2D eigenvalue weighted by Gasteiger charge is -2.31. The predicted octanol–water partition coefficient (Wildman–Crippen LogP) is 2.82. The van der Waals surface area contributed by atoms with Gasteiger partial charge in [0.15, 0.2) is 0 Å². The largest absolute Gasteiger partial charge is 0.337 e. The molecule has 5 heteroatoms. The second kappa shape index (κ2) is 7.04. The van der Waals surface area contributed by atoms with E-state index in [2.05, 4.69) is 44.3 Å². The van der Waals surface area contributed by atoms with Crippen molar-refractivity contribution < 1.29 is 9.00 Å². The van der Waals surface area contributed by atoms with Gasteiger partial charge in [0.1, 0.15) is 0 Å². The predicted molar refractivity (Wildman–Crippen MR) is 96.2 cm³/mol. The minimum Gasteiger partial charge on any atom is -0.337 e. The zero-order chi connectivity index (χ0) is 17.2. The highest BCUT2D eigenvalue weighted by Crippen LogP contribution is 2.27. The van der Waals surface area contributed by atoms with Gasteiger partial charge in [0.25, 0.3) is 0 Å². The molecule has 0 aliphatic carbocycles. The molecule has 1 aliphatic heterocycles. The number of nitrogens with one attached hydrogen (secondary N) is 1. The van der Waals surface area contributed by atoms with Gasteiger partial charge in [-0.25, -0.2) is 4.79 Å². The van der Waals surface area contributed by atoms with E-state index in [0.29, 0.717) is 13.1 Å². The molecular formula is C18H28N2O2S. The highest BCUT2D eigenvalue weighted by Gasteiger charge is 2.23. The Morgan fingerprint density at radius 2 is 2.04 bits per heavy atom. The van der Waals surface area contributed by atoms with Gasteiger partial charge in [0.2, 0.25) is 0 Å². The molecule has 0 bridgehead atoms. The minimum absolute atomic E-state index is 0.0245. The number of rotatable bonds is 3. The molecule has 0 saturated carbocycles. The number of fused-ring (bicyclic) bond motifs is 1. The van der Waals surface area contributed by atoms with Crippen LogP contribution in [0.4, 0.5) is 4.79 Å². The Kier molecular flexibility index (Phi) is 5.50. The topological polar surface area (TPSA) is 49.4 Å². The Balaban J connectivity index is 2.04. The summed E-state index contributed by atoms with van der Waals surface area (Å²) in [7, 11) is -0.914. The first kappa shape index (κ1) is 18.0. The van der Waals surface area contributed by atoms with Crippen molar-refractivity contribution in [2.45, 2.75) is 51.3 Å². The quantitative estimate of drug-likeness (QED) is 0.923. The van der Waals surface area contributed by atoms with Crippen molar-refractivity contribution in [3.63, 3.8) is 0 Å². The van der Waals surface area contributed by atoms with Crippen LogP contribution < -0.4 is 5.32 Å². The molecule has 0 unspecified atom stereocenters. The van der Waals surface area contributed by atoms with Crippen molar-refractivity contribution in [1.29, 1.82) is 0 Å². The van der Waals surface area contributed by atoms with Crippen LogP contribution in [-0.2, 0) is 29.2 Å². The van der Waals surface area contributed by atoms with Crippen LogP contribution in [0, 0.1) is 0 Å². The number of carbonyl (C=O) groups excluding carboxylic acids is 1. The van der Waals surface area contributed by atoms with Gasteiger partial charge in [-0.05, 0) is 35.4 Å². The molecule has 4 nitrogen and oxygen atoms in total. The number of benzene rings is 1. The van der Waals surface area contributed by atoms with Crippen LogP contribution in [0.15, 0.2) is 18.2 Å². The van der Waals surface area contributed by atoms with Crippen LogP contribution in [0.2, 0.25) is 0 Å². The van der Waals surface area contributed by atoms with Crippen molar-refractivity contribution in [2.75, 3.05) is 19.3 Å². The first-order chi connectivity index (χ1) is 10.7. The fraction of sp³-hybridized carbons (Fsp3) is 0.611. The van der Waals surface area contributed by atoms with E-state index in [9.17, 15) is 9.00 Å². The van der Waals surface area contributed by atoms with Crippen LogP contribution in [-0.4, -0.2) is 39.7 Å². The third-order valence-electron chi connectivity index (χ3n) is 4.48. The van der Waals surface area contributed by atoms with Gasteiger partial charge in [-0.1, -0.05) is 39.0 Å². The first-order valence-corrected chi connectivity index (χ1v) is 9.78. The molecule has 1 aromatic carbocycles. The summed E-state index contributed by atoms with van der Waals surface area (Å²) < 4.78 is 11.4. The highest BCUT2D eigenvalue weighted by molar-refractivity contribution is 7.84. The zero-order valence-corrected chi connectivity index (χ0v) is 15.6. The minimum atomic E-state index is -0.914. The van der Waals surface area contributed by atoms with Gasteiger partial charge >= 0.3 is 6.03 Å². The molecule has 1 aromatic rings. The Bertz CT molecular complexity index is 608. The Labute approximate surface area is 142 Å². The smallest absolute Gasteiger partial charge is 0.317 e. The fourth-order valence-electron chi connectivity index (χ4n) is 2.66. The maximum absolute atomic E-state index is 12.3. The lowest BCUT2D eigenvalue weighted by molar-refractivity contribution is 0.192. The van der Waals surface area contributed by atoms with E-state index in [0.717, 1.165) is 13.0 Å². The fourth-order valence-corrected chi connectivity index (χ4v) is 2.98. The number of urea groups is 1. The number of hydrogen-bond donors (Lipinski definition) is 1. The second-order valence-electron chi connectivity index (χ2n) is 7.40. The molecule has 2 atom stereocenters. The molecule has 128 valence electrons. The third kappa shape index (κ3) is 4.56. The second-order valence-corrected chi connectivity index (χ2v) is 9.20. The van der Waals surface area contributed by atoms with E-state index < -0.39 is 10.8 Å². The standard InChI is InChI=1S/C18H28N2O2S/c1-13(23(5)22)11-19-17(21)20-9-8-14-6-7-16(18(2,3)4)10-15(14)12-20/h6-7,10,13H,8-9,11-12H2,1-5H3,(H,19,21)/t13-,23-/m0/s1. The average Bonchev–Trinajstić information content (AvgIpc) is 2.50. The molecule has 0 saturated heterocycles. The van der Waals surface area contributed by atoms with Crippen molar-refractivity contribution in [3.05, 3.63) is 34.9 Å². The zero-order valence-electron chi connectivity index (χ0n) is 14.8. The van der Waals surface area contributed by atoms with E-state index in [1.807, 2.05) is 11.8 Å². The highest BCUT2D eigenvalue weighted by atomic mass is 32.2. The van der Waals surface area contributed by atoms with Crippen molar-refractivity contribution in [3.8, 4) is 0 Å². The van der Waals surface area contributed by atoms with E-state index in [4.69, 9.17) is 0 Å². The van der Waals surface area contributed by atoms with Gasteiger partial charge in [0, 0.05) is 41.9 Å². The lowest BCUT2D eigenvalue weighted by Crippen LogP contribution is -2.45. The number of carbonyl (C=O) groups is 1.